The summed E-state index contributed by atoms with van der Waals surface area (Å²) in [6.45, 7) is 1.62. The van der Waals surface area contributed by atoms with Crippen molar-refractivity contribution in [2.45, 2.75) is 25.6 Å². The maximum atomic E-state index is 5.58. The van der Waals surface area contributed by atoms with Gasteiger partial charge in [-0.3, -0.25) is 0 Å². The van der Waals surface area contributed by atoms with Crippen molar-refractivity contribution in [2.24, 2.45) is 0 Å². The van der Waals surface area contributed by atoms with Crippen molar-refractivity contribution in [3.8, 4) is 0 Å². The van der Waals surface area contributed by atoms with Crippen molar-refractivity contribution in [3.05, 3.63) is 35.9 Å². The Hall–Kier alpha value is -0.860. The van der Waals surface area contributed by atoms with Gasteiger partial charge in [-0.2, -0.15) is 0 Å². The third-order valence-corrected chi connectivity index (χ3v) is 2.43. The largest absolute Gasteiger partial charge is 0.353 e. The molecular formula is C12H16O2. The van der Waals surface area contributed by atoms with Crippen LogP contribution in [0.3, 0.4) is 0 Å². The van der Waals surface area contributed by atoms with E-state index in [1.807, 2.05) is 6.07 Å². The van der Waals surface area contributed by atoms with Crippen LogP contribution in [-0.2, 0) is 15.9 Å². The number of hydrogen-bond acceptors (Lipinski definition) is 2. The zero-order chi connectivity index (χ0) is 9.64. The Kier molecular flexibility index (Phi) is 3.55. The van der Waals surface area contributed by atoms with Crippen LogP contribution in [0.1, 0.15) is 18.4 Å². The Morgan fingerprint density at radius 2 is 2.14 bits per heavy atom. The second kappa shape index (κ2) is 5.13. The van der Waals surface area contributed by atoms with Crippen LogP contribution in [0.15, 0.2) is 30.3 Å². The highest BCUT2D eigenvalue weighted by atomic mass is 16.7. The summed E-state index contributed by atoms with van der Waals surface area (Å²) < 4.78 is 11.0. The molecule has 1 aromatic rings. The second-order valence-corrected chi connectivity index (χ2v) is 3.55. The monoisotopic (exact) mass is 192 g/mol. The summed E-state index contributed by atoms with van der Waals surface area (Å²) in [6.07, 6.45) is 3.21. The molecule has 1 aromatic carbocycles. The predicted octanol–water partition coefficient (Wildman–Crippen LogP) is 2.38. The molecule has 0 aliphatic carbocycles. The molecule has 2 nitrogen and oxygen atoms in total. The lowest BCUT2D eigenvalue weighted by Gasteiger charge is -2.10. The number of rotatable bonds is 4. The molecule has 0 unspecified atom stereocenters. The van der Waals surface area contributed by atoms with E-state index >= 15 is 0 Å². The summed E-state index contributed by atoms with van der Waals surface area (Å²) in [5.74, 6) is 0. The third kappa shape index (κ3) is 2.82. The highest BCUT2D eigenvalue weighted by Gasteiger charge is 2.14. The molecule has 1 aliphatic rings. The lowest BCUT2D eigenvalue weighted by Crippen LogP contribution is -2.12. The summed E-state index contributed by atoms with van der Waals surface area (Å²) in [6, 6.07) is 10.4. The average molecular weight is 192 g/mol. The highest BCUT2D eigenvalue weighted by molar-refractivity contribution is 5.14. The quantitative estimate of drug-likeness (QED) is 0.729. The molecule has 2 heteroatoms. The van der Waals surface area contributed by atoms with E-state index in [1.54, 1.807) is 0 Å². The molecule has 1 atom stereocenters. The van der Waals surface area contributed by atoms with Crippen molar-refractivity contribution >= 4 is 0 Å². The Balaban J connectivity index is 1.67. The molecule has 0 amide bonds. The second-order valence-electron chi connectivity index (χ2n) is 3.55. The highest BCUT2D eigenvalue weighted by Crippen LogP contribution is 2.13. The van der Waals surface area contributed by atoms with Gasteiger partial charge >= 0.3 is 0 Å². The van der Waals surface area contributed by atoms with Gasteiger partial charge in [-0.1, -0.05) is 30.3 Å². The maximum absolute atomic E-state index is 5.58. The minimum atomic E-state index is 0.0544. The maximum Gasteiger partial charge on any atom is 0.157 e. The summed E-state index contributed by atoms with van der Waals surface area (Å²) in [5.41, 5.74) is 1.32. The first-order valence-electron chi connectivity index (χ1n) is 5.22. The van der Waals surface area contributed by atoms with Gasteiger partial charge < -0.3 is 9.47 Å². The van der Waals surface area contributed by atoms with E-state index in [9.17, 15) is 0 Å². The lowest BCUT2D eigenvalue weighted by atomic mass is 10.2. The topological polar surface area (TPSA) is 18.5 Å². The Bertz CT molecular complexity index is 252. The fourth-order valence-corrected chi connectivity index (χ4v) is 1.63. The minimum absolute atomic E-state index is 0.0544. The molecule has 76 valence electrons. The Morgan fingerprint density at radius 1 is 1.29 bits per heavy atom. The molecule has 0 bridgehead atoms. The predicted molar refractivity (Wildman–Crippen MR) is 55.1 cm³/mol. The first-order valence-corrected chi connectivity index (χ1v) is 5.22. The van der Waals surface area contributed by atoms with Crippen LogP contribution in [0.25, 0.3) is 0 Å². The van der Waals surface area contributed by atoms with Crippen LogP contribution in [0, 0.1) is 0 Å². The third-order valence-electron chi connectivity index (χ3n) is 2.43. The van der Waals surface area contributed by atoms with Crippen molar-refractivity contribution in [1.82, 2.24) is 0 Å². The van der Waals surface area contributed by atoms with Gasteiger partial charge in [0.2, 0.25) is 0 Å². The van der Waals surface area contributed by atoms with Gasteiger partial charge in [0.25, 0.3) is 0 Å². The zero-order valence-corrected chi connectivity index (χ0v) is 8.32. The standard InChI is InChI=1S/C12H16O2/c1-2-5-11(6-3-1)8-10-14-12-7-4-9-13-12/h1-3,5-6,12H,4,7-10H2/t12-/m1/s1. The summed E-state index contributed by atoms with van der Waals surface area (Å²) in [7, 11) is 0. The summed E-state index contributed by atoms with van der Waals surface area (Å²) in [5, 5.41) is 0. The minimum Gasteiger partial charge on any atom is -0.353 e. The fraction of sp³-hybridized carbons (Fsp3) is 0.500. The molecular weight excluding hydrogens is 176 g/mol. The molecule has 0 spiro atoms. The van der Waals surface area contributed by atoms with E-state index in [1.165, 1.54) is 5.56 Å². The number of hydrogen-bond donors (Lipinski definition) is 0. The average Bonchev–Trinajstić information content (AvgIpc) is 2.72. The zero-order valence-electron chi connectivity index (χ0n) is 8.32. The van der Waals surface area contributed by atoms with Crippen molar-refractivity contribution in [1.29, 1.82) is 0 Å². The van der Waals surface area contributed by atoms with E-state index in [4.69, 9.17) is 9.47 Å². The molecule has 1 fully saturated rings. The van der Waals surface area contributed by atoms with E-state index in [0.29, 0.717) is 0 Å². The SMILES string of the molecule is c1ccc(CCO[C@@H]2CCCO2)cc1. The normalized spacial score (nSPS) is 21.3. The molecule has 0 radical (unpaired) electrons. The van der Waals surface area contributed by atoms with Gasteiger partial charge in [-0.05, 0) is 18.4 Å². The van der Waals surface area contributed by atoms with E-state index in [-0.39, 0.29) is 6.29 Å². The smallest absolute Gasteiger partial charge is 0.157 e. The van der Waals surface area contributed by atoms with Gasteiger partial charge in [-0.15, -0.1) is 0 Å². The molecule has 0 N–H and O–H groups in total. The lowest BCUT2D eigenvalue weighted by molar-refractivity contribution is -0.109. The van der Waals surface area contributed by atoms with Gasteiger partial charge in [-0.25, -0.2) is 0 Å². The van der Waals surface area contributed by atoms with Gasteiger partial charge in [0.05, 0.1) is 6.61 Å². The van der Waals surface area contributed by atoms with E-state index < -0.39 is 0 Å². The van der Waals surface area contributed by atoms with Crippen molar-refractivity contribution in [3.63, 3.8) is 0 Å². The van der Waals surface area contributed by atoms with Crippen LogP contribution >= 0.6 is 0 Å². The first kappa shape index (κ1) is 9.69. The molecule has 1 heterocycles. The first-order chi connectivity index (χ1) is 6.95. The molecule has 2 rings (SSSR count). The van der Waals surface area contributed by atoms with Gasteiger partial charge in [0.15, 0.2) is 6.29 Å². The van der Waals surface area contributed by atoms with Crippen molar-refractivity contribution in [2.75, 3.05) is 13.2 Å². The Morgan fingerprint density at radius 3 is 2.86 bits per heavy atom. The van der Waals surface area contributed by atoms with E-state index in [2.05, 4.69) is 24.3 Å². The summed E-state index contributed by atoms with van der Waals surface area (Å²) in [4.78, 5) is 0. The molecule has 1 aliphatic heterocycles. The summed E-state index contributed by atoms with van der Waals surface area (Å²) >= 11 is 0. The van der Waals surface area contributed by atoms with Gasteiger partial charge in [0, 0.05) is 13.0 Å². The van der Waals surface area contributed by atoms with E-state index in [0.717, 1.165) is 32.5 Å². The van der Waals surface area contributed by atoms with Gasteiger partial charge in [0.1, 0.15) is 0 Å². The molecule has 14 heavy (non-hydrogen) atoms. The van der Waals surface area contributed by atoms with Crippen molar-refractivity contribution < 1.29 is 9.47 Å². The molecule has 1 saturated heterocycles. The fourth-order valence-electron chi connectivity index (χ4n) is 1.63. The number of ether oxygens (including phenoxy) is 2. The molecule has 0 saturated carbocycles. The van der Waals surface area contributed by atoms with Crippen LogP contribution in [0.5, 0.6) is 0 Å². The van der Waals surface area contributed by atoms with Crippen LogP contribution in [-0.4, -0.2) is 19.5 Å². The van der Waals surface area contributed by atoms with Crippen LogP contribution in [0.2, 0.25) is 0 Å². The number of benzene rings is 1. The van der Waals surface area contributed by atoms with Crippen LogP contribution < -0.4 is 0 Å². The molecule has 0 aromatic heterocycles. The Labute approximate surface area is 84.8 Å². The van der Waals surface area contributed by atoms with Crippen LogP contribution in [0.4, 0.5) is 0 Å².